The molecule has 4 nitrogen and oxygen atoms in total. The lowest BCUT2D eigenvalue weighted by atomic mass is 9.49. The maximum Gasteiger partial charge on any atom is 0.312 e. The lowest BCUT2D eigenvalue weighted by Crippen LogP contribution is -2.51. The van der Waals surface area contributed by atoms with Crippen LogP contribution in [0.25, 0.3) is 0 Å². The molecular formula is C21H26BrNO3. The first-order chi connectivity index (χ1) is 12.4. The average molecular weight is 420 g/mol. The van der Waals surface area contributed by atoms with Gasteiger partial charge in [-0.3, -0.25) is 9.59 Å². The zero-order valence-corrected chi connectivity index (χ0v) is 16.8. The first-order valence-corrected chi connectivity index (χ1v) is 10.5. The number of benzene rings is 1. The van der Waals surface area contributed by atoms with Crippen LogP contribution in [0.4, 0.5) is 0 Å². The van der Waals surface area contributed by atoms with Crippen molar-refractivity contribution >= 4 is 27.8 Å². The molecule has 1 aromatic carbocycles. The maximum absolute atomic E-state index is 12.8. The highest BCUT2D eigenvalue weighted by atomic mass is 79.9. The van der Waals surface area contributed by atoms with Gasteiger partial charge in [-0.15, -0.1) is 0 Å². The smallest absolute Gasteiger partial charge is 0.312 e. The fraction of sp³-hybridized carbons (Fsp3) is 0.619. The second-order valence-corrected chi connectivity index (χ2v) is 9.44. The first kappa shape index (κ1) is 18.0. The molecule has 4 aliphatic rings. The number of carbonyl (C=O) groups excluding carboxylic acids is 2. The van der Waals surface area contributed by atoms with Crippen molar-refractivity contribution in [1.82, 2.24) is 5.32 Å². The Hall–Kier alpha value is -1.36. The molecule has 0 aromatic heterocycles. The van der Waals surface area contributed by atoms with Gasteiger partial charge in [-0.05, 0) is 74.8 Å². The Morgan fingerprint density at radius 3 is 2.31 bits per heavy atom. The van der Waals surface area contributed by atoms with Crippen LogP contribution in [0, 0.1) is 23.2 Å². The van der Waals surface area contributed by atoms with E-state index in [-0.39, 0.29) is 29.9 Å². The van der Waals surface area contributed by atoms with Gasteiger partial charge in [0.15, 0.2) is 6.61 Å². The minimum absolute atomic E-state index is 0.139. The van der Waals surface area contributed by atoms with E-state index >= 15 is 0 Å². The molecule has 0 saturated heterocycles. The summed E-state index contributed by atoms with van der Waals surface area (Å²) in [5, 5.41) is 2.92. The second kappa shape index (κ2) is 6.99. The third-order valence-electron chi connectivity index (χ3n) is 6.55. The number of rotatable bonds is 5. The zero-order valence-electron chi connectivity index (χ0n) is 15.2. The molecule has 26 heavy (non-hydrogen) atoms. The minimum atomic E-state index is -0.302. The normalized spacial score (nSPS) is 32.9. The van der Waals surface area contributed by atoms with Gasteiger partial charge in [0.2, 0.25) is 0 Å². The van der Waals surface area contributed by atoms with Gasteiger partial charge in [0, 0.05) is 4.47 Å². The molecule has 1 atom stereocenters. The van der Waals surface area contributed by atoms with Gasteiger partial charge in [-0.25, -0.2) is 0 Å². The quantitative estimate of drug-likeness (QED) is 0.720. The average Bonchev–Trinajstić information content (AvgIpc) is 2.58. The summed E-state index contributed by atoms with van der Waals surface area (Å²) in [4.78, 5) is 25.1. The van der Waals surface area contributed by atoms with Crippen molar-refractivity contribution in [2.24, 2.45) is 23.2 Å². The molecule has 4 saturated carbocycles. The molecule has 5 rings (SSSR count). The summed E-state index contributed by atoms with van der Waals surface area (Å²) >= 11 is 3.50. The number of carbonyl (C=O) groups is 2. The maximum atomic E-state index is 12.8. The van der Waals surface area contributed by atoms with Gasteiger partial charge in [-0.1, -0.05) is 34.1 Å². The van der Waals surface area contributed by atoms with E-state index in [2.05, 4.69) is 21.2 Å². The van der Waals surface area contributed by atoms with E-state index in [9.17, 15) is 9.59 Å². The van der Waals surface area contributed by atoms with E-state index in [1.165, 1.54) is 19.3 Å². The second-order valence-electron chi connectivity index (χ2n) is 8.58. The summed E-state index contributed by atoms with van der Waals surface area (Å²) in [6, 6.07) is 7.66. The molecule has 140 valence electrons. The van der Waals surface area contributed by atoms with E-state index in [0.29, 0.717) is 17.8 Å². The number of halogens is 1. The molecule has 0 spiro atoms. The monoisotopic (exact) mass is 419 g/mol. The third kappa shape index (κ3) is 3.42. The molecule has 0 unspecified atom stereocenters. The van der Waals surface area contributed by atoms with Crippen LogP contribution in [0.15, 0.2) is 28.7 Å². The molecule has 1 N–H and O–H groups in total. The lowest BCUT2D eigenvalue weighted by Gasteiger charge is -2.55. The van der Waals surface area contributed by atoms with E-state index in [1.54, 1.807) is 0 Å². The number of ether oxygens (including phenoxy) is 1. The van der Waals surface area contributed by atoms with Gasteiger partial charge < -0.3 is 10.1 Å². The zero-order chi connectivity index (χ0) is 18.3. The number of esters is 1. The van der Waals surface area contributed by atoms with Crippen molar-refractivity contribution in [3.63, 3.8) is 0 Å². The van der Waals surface area contributed by atoms with Gasteiger partial charge in [-0.2, -0.15) is 0 Å². The Morgan fingerprint density at radius 2 is 1.73 bits per heavy atom. The summed E-state index contributed by atoms with van der Waals surface area (Å²) in [7, 11) is 0. The van der Waals surface area contributed by atoms with Crippen LogP contribution in [0.1, 0.15) is 57.1 Å². The van der Waals surface area contributed by atoms with Gasteiger partial charge in [0.05, 0.1) is 11.5 Å². The van der Waals surface area contributed by atoms with Crippen molar-refractivity contribution in [1.29, 1.82) is 0 Å². The fourth-order valence-corrected chi connectivity index (χ4v) is 6.46. The molecule has 4 bridgehead atoms. The van der Waals surface area contributed by atoms with Crippen LogP contribution in [-0.4, -0.2) is 18.5 Å². The molecular weight excluding hydrogens is 394 g/mol. The van der Waals surface area contributed by atoms with Crippen LogP contribution in [-0.2, 0) is 14.3 Å². The highest BCUT2D eigenvalue weighted by Gasteiger charge is 2.55. The number of hydrogen-bond acceptors (Lipinski definition) is 3. The van der Waals surface area contributed by atoms with E-state index in [1.807, 2.05) is 31.2 Å². The predicted molar refractivity (Wildman–Crippen MR) is 102 cm³/mol. The Kier molecular flexibility index (Phi) is 4.84. The van der Waals surface area contributed by atoms with Gasteiger partial charge in [0.25, 0.3) is 5.91 Å². The lowest BCUT2D eigenvalue weighted by molar-refractivity contribution is -0.173. The highest BCUT2D eigenvalue weighted by Crippen LogP contribution is 2.60. The van der Waals surface area contributed by atoms with Crippen LogP contribution in [0.2, 0.25) is 0 Å². The van der Waals surface area contributed by atoms with Crippen molar-refractivity contribution in [2.75, 3.05) is 6.61 Å². The van der Waals surface area contributed by atoms with Gasteiger partial charge in [0.1, 0.15) is 0 Å². The van der Waals surface area contributed by atoms with Crippen molar-refractivity contribution < 1.29 is 14.3 Å². The fourth-order valence-electron chi connectivity index (χ4n) is 5.83. The Bertz CT molecular complexity index is 682. The molecule has 0 radical (unpaired) electrons. The summed E-state index contributed by atoms with van der Waals surface area (Å²) in [5.74, 6) is 1.70. The van der Waals surface area contributed by atoms with E-state index in [4.69, 9.17) is 4.74 Å². The summed E-state index contributed by atoms with van der Waals surface area (Å²) < 4.78 is 6.45. The minimum Gasteiger partial charge on any atom is -0.455 e. The summed E-state index contributed by atoms with van der Waals surface area (Å²) in [6.45, 7) is 1.74. The van der Waals surface area contributed by atoms with Crippen LogP contribution >= 0.6 is 15.9 Å². The summed E-state index contributed by atoms with van der Waals surface area (Å²) in [5.41, 5.74) is 0.705. The standard InChI is InChI=1S/C21H26BrNO3/c1-13(17-4-2-3-5-18(17)22)23-19(24)12-26-20(25)21-9-14-6-15(10-21)8-16(7-14)11-21/h2-5,13-16H,6-12H2,1H3,(H,23,24)/t13-,14?,15?,16?,21?/m1/s1. The molecule has 5 heteroatoms. The van der Waals surface area contributed by atoms with E-state index < -0.39 is 0 Å². The topological polar surface area (TPSA) is 55.4 Å². The predicted octanol–water partition coefficient (Wildman–Crippen LogP) is 4.39. The van der Waals surface area contributed by atoms with Crippen LogP contribution in [0.3, 0.4) is 0 Å². The third-order valence-corrected chi connectivity index (χ3v) is 7.28. The van der Waals surface area contributed by atoms with Crippen LogP contribution < -0.4 is 5.32 Å². The molecule has 4 fully saturated rings. The number of hydrogen-bond donors (Lipinski definition) is 1. The van der Waals surface area contributed by atoms with E-state index in [0.717, 1.165) is 29.3 Å². The molecule has 0 heterocycles. The first-order valence-electron chi connectivity index (χ1n) is 9.66. The molecule has 1 aromatic rings. The largest absolute Gasteiger partial charge is 0.455 e. The summed E-state index contributed by atoms with van der Waals surface area (Å²) in [6.07, 6.45) is 6.76. The van der Waals surface area contributed by atoms with Crippen LogP contribution in [0.5, 0.6) is 0 Å². The Labute approximate surface area is 163 Å². The molecule has 1 amide bonds. The molecule has 0 aliphatic heterocycles. The number of amides is 1. The number of nitrogens with one attached hydrogen (secondary N) is 1. The molecule has 4 aliphatic carbocycles. The SMILES string of the molecule is C[C@@H](NC(=O)COC(=O)C12CC3CC(CC(C3)C1)C2)c1ccccc1Br. The Balaban J connectivity index is 1.32. The van der Waals surface area contributed by atoms with Crippen molar-refractivity contribution in [3.8, 4) is 0 Å². The Morgan fingerprint density at radius 1 is 1.15 bits per heavy atom. The highest BCUT2D eigenvalue weighted by molar-refractivity contribution is 9.10. The van der Waals surface area contributed by atoms with Crippen molar-refractivity contribution in [2.45, 2.75) is 51.5 Å². The van der Waals surface area contributed by atoms with Crippen molar-refractivity contribution in [3.05, 3.63) is 34.3 Å². The van der Waals surface area contributed by atoms with Gasteiger partial charge >= 0.3 is 5.97 Å².